The molecule has 5 heteroatoms. The summed E-state index contributed by atoms with van der Waals surface area (Å²) in [7, 11) is 0. The van der Waals surface area contributed by atoms with Crippen molar-refractivity contribution in [1.29, 1.82) is 0 Å². The Balaban J connectivity index is 2.51. The number of carbonyl (C=O) groups excluding carboxylic acids is 2. The van der Waals surface area contributed by atoms with E-state index < -0.39 is 17.4 Å². The van der Waals surface area contributed by atoms with Crippen LogP contribution in [-0.4, -0.2) is 29.1 Å². The third kappa shape index (κ3) is 6.98. The van der Waals surface area contributed by atoms with Crippen LogP contribution in [0.5, 0.6) is 0 Å². The molecule has 1 rings (SSSR count). The van der Waals surface area contributed by atoms with E-state index in [1.165, 1.54) is 0 Å². The second kappa shape index (κ2) is 8.35. The highest BCUT2D eigenvalue weighted by molar-refractivity contribution is 6.39. The Bertz CT molecular complexity index is 601. The van der Waals surface area contributed by atoms with Crippen LogP contribution in [0.15, 0.2) is 24.3 Å². The van der Waals surface area contributed by atoms with E-state index >= 15 is 0 Å². The van der Waals surface area contributed by atoms with Gasteiger partial charge in [-0.3, -0.25) is 9.59 Å². The van der Waals surface area contributed by atoms with Crippen LogP contribution in [0.1, 0.15) is 39.2 Å². The molecule has 23 heavy (non-hydrogen) atoms. The van der Waals surface area contributed by atoms with Crippen molar-refractivity contribution in [3.8, 4) is 12.3 Å². The highest BCUT2D eigenvalue weighted by atomic mass is 16.3. The smallest absolute Gasteiger partial charge is 0.313 e. The van der Waals surface area contributed by atoms with Crippen molar-refractivity contribution < 1.29 is 14.7 Å². The predicted octanol–water partition coefficient (Wildman–Crippen LogP) is 1.91. The number of hydrogen-bond donors (Lipinski definition) is 3. The lowest BCUT2D eigenvalue weighted by Crippen LogP contribution is -2.44. The van der Waals surface area contributed by atoms with Gasteiger partial charge in [0.1, 0.15) is 0 Å². The molecule has 0 bridgehead atoms. The summed E-state index contributed by atoms with van der Waals surface area (Å²) in [6.07, 6.45) is 6.68. The average molecular weight is 316 g/mol. The van der Waals surface area contributed by atoms with Gasteiger partial charge in [0, 0.05) is 17.8 Å². The number of amides is 2. The van der Waals surface area contributed by atoms with Crippen LogP contribution >= 0.6 is 0 Å². The summed E-state index contributed by atoms with van der Waals surface area (Å²) >= 11 is 0. The van der Waals surface area contributed by atoms with Gasteiger partial charge in [-0.1, -0.05) is 25.8 Å². The lowest BCUT2D eigenvalue weighted by atomic mass is 9.95. The van der Waals surface area contributed by atoms with Gasteiger partial charge in [-0.15, -0.1) is 6.42 Å². The lowest BCUT2D eigenvalue weighted by molar-refractivity contribution is -0.136. The van der Waals surface area contributed by atoms with E-state index in [1.54, 1.807) is 31.2 Å². The van der Waals surface area contributed by atoms with Crippen molar-refractivity contribution in [3.05, 3.63) is 29.8 Å². The molecule has 0 unspecified atom stereocenters. The van der Waals surface area contributed by atoms with Crippen LogP contribution < -0.4 is 10.6 Å². The first-order valence-corrected chi connectivity index (χ1v) is 7.62. The lowest BCUT2D eigenvalue weighted by Gasteiger charge is -2.24. The molecule has 0 saturated heterocycles. The topological polar surface area (TPSA) is 78.4 Å². The molecule has 0 fully saturated rings. The van der Waals surface area contributed by atoms with Gasteiger partial charge in [0.2, 0.25) is 0 Å². The van der Waals surface area contributed by atoms with E-state index in [2.05, 4.69) is 30.4 Å². The molecule has 1 aromatic rings. The summed E-state index contributed by atoms with van der Waals surface area (Å²) < 4.78 is 0. The average Bonchev–Trinajstić information content (AvgIpc) is 2.51. The summed E-state index contributed by atoms with van der Waals surface area (Å²) in [5.74, 6) is 1.33. The number of terminal acetylenes is 1. The van der Waals surface area contributed by atoms with E-state index in [9.17, 15) is 14.7 Å². The van der Waals surface area contributed by atoms with Crippen molar-refractivity contribution in [3.63, 3.8) is 0 Å². The summed E-state index contributed by atoms with van der Waals surface area (Å²) in [6.45, 7) is 5.79. The molecule has 0 aliphatic carbocycles. The van der Waals surface area contributed by atoms with Gasteiger partial charge < -0.3 is 15.7 Å². The number of carbonyl (C=O) groups is 2. The fourth-order valence-electron chi connectivity index (χ4n) is 1.91. The Morgan fingerprint density at radius 3 is 2.65 bits per heavy atom. The monoisotopic (exact) mass is 316 g/mol. The SMILES string of the molecule is C#Cc1cccc(NC(=O)C(=O)NC[C@](C)(O)CCC(C)C)c1. The van der Waals surface area contributed by atoms with Crippen molar-refractivity contribution in [2.24, 2.45) is 5.92 Å². The first-order chi connectivity index (χ1) is 10.7. The van der Waals surface area contributed by atoms with Crippen molar-refractivity contribution in [2.45, 2.75) is 39.2 Å². The van der Waals surface area contributed by atoms with Crippen LogP contribution in [0.3, 0.4) is 0 Å². The minimum Gasteiger partial charge on any atom is -0.388 e. The number of nitrogens with one attached hydrogen (secondary N) is 2. The molecule has 0 radical (unpaired) electrons. The number of rotatable bonds is 6. The quantitative estimate of drug-likeness (QED) is 0.554. The highest BCUT2D eigenvalue weighted by Crippen LogP contribution is 2.15. The largest absolute Gasteiger partial charge is 0.388 e. The molecule has 0 aromatic heterocycles. The van der Waals surface area contributed by atoms with Crippen LogP contribution in [0, 0.1) is 18.3 Å². The molecule has 1 aromatic carbocycles. The van der Waals surface area contributed by atoms with Crippen molar-refractivity contribution in [1.82, 2.24) is 5.32 Å². The molecule has 1 atom stereocenters. The van der Waals surface area contributed by atoms with E-state index in [4.69, 9.17) is 6.42 Å². The number of anilines is 1. The minimum atomic E-state index is -1.04. The third-order valence-electron chi connectivity index (χ3n) is 3.38. The molecular formula is C18H24N2O3. The highest BCUT2D eigenvalue weighted by Gasteiger charge is 2.23. The zero-order valence-corrected chi connectivity index (χ0v) is 13.8. The molecular weight excluding hydrogens is 292 g/mol. The summed E-state index contributed by atoms with van der Waals surface area (Å²) in [5, 5.41) is 15.1. The standard InChI is InChI=1S/C18H24N2O3/c1-5-14-7-6-8-15(11-14)20-17(22)16(21)19-12-18(4,23)10-9-13(2)3/h1,6-8,11,13,23H,9-10,12H2,2-4H3,(H,19,21)(H,20,22)/t18-/m1/s1. The van der Waals surface area contributed by atoms with Crippen LogP contribution in [0.25, 0.3) is 0 Å². The molecule has 0 aliphatic rings. The summed E-state index contributed by atoms with van der Waals surface area (Å²) in [5.41, 5.74) is 0.0239. The third-order valence-corrected chi connectivity index (χ3v) is 3.38. The Kier molecular flexibility index (Phi) is 6.80. The fraction of sp³-hybridized carbons (Fsp3) is 0.444. The van der Waals surface area contributed by atoms with Crippen LogP contribution in [0.2, 0.25) is 0 Å². The molecule has 0 heterocycles. The van der Waals surface area contributed by atoms with Crippen LogP contribution in [0.4, 0.5) is 5.69 Å². The second-order valence-corrected chi connectivity index (χ2v) is 6.29. The van der Waals surface area contributed by atoms with Gasteiger partial charge in [0.25, 0.3) is 0 Å². The zero-order chi connectivity index (χ0) is 17.5. The van der Waals surface area contributed by atoms with E-state index in [0.717, 1.165) is 6.42 Å². The van der Waals surface area contributed by atoms with Gasteiger partial charge in [0.15, 0.2) is 0 Å². The Morgan fingerprint density at radius 2 is 2.04 bits per heavy atom. The normalized spacial score (nSPS) is 13.0. The number of aliphatic hydroxyl groups is 1. The molecule has 0 saturated carbocycles. The molecule has 0 spiro atoms. The summed E-state index contributed by atoms with van der Waals surface area (Å²) in [6, 6.07) is 6.66. The Morgan fingerprint density at radius 1 is 1.35 bits per heavy atom. The van der Waals surface area contributed by atoms with Gasteiger partial charge in [-0.25, -0.2) is 0 Å². The maximum atomic E-state index is 11.8. The van der Waals surface area contributed by atoms with E-state index in [1.807, 2.05) is 0 Å². The second-order valence-electron chi connectivity index (χ2n) is 6.29. The Hall–Kier alpha value is -2.32. The molecule has 124 valence electrons. The van der Waals surface area contributed by atoms with Gasteiger partial charge in [-0.2, -0.15) is 0 Å². The first kappa shape index (κ1) is 18.7. The van der Waals surface area contributed by atoms with Crippen molar-refractivity contribution >= 4 is 17.5 Å². The van der Waals surface area contributed by atoms with Gasteiger partial charge in [-0.05, 0) is 43.9 Å². The first-order valence-electron chi connectivity index (χ1n) is 7.62. The molecule has 0 aliphatic heterocycles. The zero-order valence-electron chi connectivity index (χ0n) is 13.8. The van der Waals surface area contributed by atoms with E-state index in [0.29, 0.717) is 23.6 Å². The maximum absolute atomic E-state index is 11.8. The van der Waals surface area contributed by atoms with Gasteiger partial charge >= 0.3 is 11.8 Å². The van der Waals surface area contributed by atoms with Crippen molar-refractivity contribution in [2.75, 3.05) is 11.9 Å². The fourth-order valence-corrected chi connectivity index (χ4v) is 1.91. The van der Waals surface area contributed by atoms with Gasteiger partial charge in [0.05, 0.1) is 5.60 Å². The maximum Gasteiger partial charge on any atom is 0.313 e. The number of hydrogen-bond acceptors (Lipinski definition) is 3. The summed E-state index contributed by atoms with van der Waals surface area (Å²) in [4.78, 5) is 23.7. The molecule has 3 N–H and O–H groups in total. The predicted molar refractivity (Wildman–Crippen MR) is 90.7 cm³/mol. The van der Waals surface area contributed by atoms with Crippen LogP contribution in [-0.2, 0) is 9.59 Å². The molecule has 2 amide bonds. The number of benzene rings is 1. The molecule has 5 nitrogen and oxygen atoms in total. The van der Waals surface area contributed by atoms with E-state index in [-0.39, 0.29) is 6.54 Å². The minimum absolute atomic E-state index is 0.0242. The Labute approximate surface area is 137 Å².